The van der Waals surface area contributed by atoms with Crippen LogP contribution in [0.4, 0.5) is 13.2 Å². The molecule has 0 aliphatic heterocycles. The first-order chi connectivity index (χ1) is 4.68. The zero-order valence-corrected chi connectivity index (χ0v) is 6.40. The number of ketones is 1. The lowest BCUT2D eigenvalue weighted by Gasteiger charge is -1.93. The third kappa shape index (κ3) is 23.1. The standard InChI is InChI=1S/C3H6O.C2HF3O2.H2O/c1-3(2)4;3-2(4,5)1(6)7;/h1-2H3;(H,6,7);1H2. The monoisotopic (exact) mass is 190 g/mol. The highest BCUT2D eigenvalue weighted by atomic mass is 19.4. The molecule has 0 atom stereocenters. The largest absolute Gasteiger partial charge is 0.490 e. The van der Waals surface area contributed by atoms with Crippen LogP contribution in [0, 0.1) is 0 Å². The maximum atomic E-state index is 10.6. The van der Waals surface area contributed by atoms with E-state index in [1.807, 2.05) is 0 Å². The van der Waals surface area contributed by atoms with Crippen LogP contribution in [0.5, 0.6) is 0 Å². The Labute approximate surface area is 66.3 Å². The van der Waals surface area contributed by atoms with Gasteiger partial charge in [0.25, 0.3) is 0 Å². The Kier molecular flexibility index (Phi) is 9.40. The molecule has 0 saturated carbocycles. The van der Waals surface area contributed by atoms with Crippen molar-refractivity contribution >= 4 is 11.8 Å². The normalized spacial score (nSPS) is 8.75. The number of rotatable bonds is 0. The number of hydrogen-bond donors (Lipinski definition) is 1. The third-order valence-electron chi connectivity index (χ3n) is 0.243. The van der Waals surface area contributed by atoms with Gasteiger partial charge < -0.3 is 15.4 Å². The van der Waals surface area contributed by atoms with Crippen molar-refractivity contribution in [2.75, 3.05) is 0 Å². The molecule has 12 heavy (non-hydrogen) atoms. The predicted molar refractivity (Wildman–Crippen MR) is 33.7 cm³/mol. The van der Waals surface area contributed by atoms with E-state index in [1.165, 1.54) is 13.8 Å². The summed E-state index contributed by atoms with van der Waals surface area (Å²) in [6, 6.07) is 0. The first-order valence-electron chi connectivity index (χ1n) is 2.45. The highest BCUT2D eigenvalue weighted by molar-refractivity contribution is 5.73. The van der Waals surface area contributed by atoms with Crippen molar-refractivity contribution in [2.45, 2.75) is 20.0 Å². The van der Waals surface area contributed by atoms with Gasteiger partial charge in [0.1, 0.15) is 5.78 Å². The lowest BCUT2D eigenvalue weighted by Crippen LogP contribution is -2.21. The number of aliphatic carboxylic acids is 1. The van der Waals surface area contributed by atoms with Crippen LogP contribution in [0.15, 0.2) is 0 Å². The number of halogens is 3. The Morgan fingerprint density at radius 3 is 1.25 bits per heavy atom. The number of carbonyl (C=O) groups is 2. The highest BCUT2D eigenvalue weighted by Crippen LogP contribution is 2.13. The zero-order chi connectivity index (χ0) is 9.65. The quantitative estimate of drug-likeness (QED) is 0.599. The Hall–Kier alpha value is -1.11. The van der Waals surface area contributed by atoms with E-state index < -0.39 is 12.1 Å². The SMILES string of the molecule is CC(C)=O.O.O=C(O)C(F)(F)F. The Morgan fingerprint density at radius 1 is 1.17 bits per heavy atom. The van der Waals surface area contributed by atoms with Crippen LogP contribution >= 0.6 is 0 Å². The molecule has 0 spiro atoms. The molecule has 0 amide bonds. The zero-order valence-electron chi connectivity index (χ0n) is 6.40. The van der Waals surface area contributed by atoms with Crippen LogP contribution in [-0.2, 0) is 9.59 Å². The smallest absolute Gasteiger partial charge is 0.475 e. The van der Waals surface area contributed by atoms with Gasteiger partial charge >= 0.3 is 12.1 Å². The van der Waals surface area contributed by atoms with Crippen molar-refractivity contribution in [3.63, 3.8) is 0 Å². The Morgan fingerprint density at radius 2 is 1.25 bits per heavy atom. The first kappa shape index (κ1) is 17.1. The maximum Gasteiger partial charge on any atom is 0.490 e. The number of carbonyl (C=O) groups excluding carboxylic acids is 1. The van der Waals surface area contributed by atoms with Gasteiger partial charge in [-0.1, -0.05) is 0 Å². The Balaban J connectivity index is -0.000000142. The number of carboxylic acids is 1. The molecular weight excluding hydrogens is 181 g/mol. The highest BCUT2D eigenvalue weighted by Gasteiger charge is 2.38. The molecule has 7 heteroatoms. The van der Waals surface area contributed by atoms with Gasteiger partial charge in [0.05, 0.1) is 0 Å². The van der Waals surface area contributed by atoms with Crippen molar-refractivity contribution in [3.05, 3.63) is 0 Å². The lowest BCUT2D eigenvalue weighted by molar-refractivity contribution is -0.192. The minimum Gasteiger partial charge on any atom is -0.475 e. The van der Waals surface area contributed by atoms with Crippen molar-refractivity contribution in [1.29, 1.82) is 0 Å². The van der Waals surface area contributed by atoms with Crippen molar-refractivity contribution in [3.8, 4) is 0 Å². The van der Waals surface area contributed by atoms with Crippen LogP contribution in [0.25, 0.3) is 0 Å². The summed E-state index contributed by atoms with van der Waals surface area (Å²) in [5.74, 6) is -2.59. The van der Waals surface area contributed by atoms with E-state index in [4.69, 9.17) is 9.90 Å². The van der Waals surface area contributed by atoms with Crippen LogP contribution in [0.3, 0.4) is 0 Å². The number of hydrogen-bond acceptors (Lipinski definition) is 2. The van der Waals surface area contributed by atoms with Crippen LogP contribution in [0.2, 0.25) is 0 Å². The maximum absolute atomic E-state index is 10.6. The molecule has 0 saturated heterocycles. The van der Waals surface area contributed by atoms with E-state index >= 15 is 0 Å². The molecule has 0 bridgehead atoms. The Bertz CT molecular complexity index is 147. The predicted octanol–water partition coefficient (Wildman–Crippen LogP) is 0.404. The fraction of sp³-hybridized carbons (Fsp3) is 0.600. The van der Waals surface area contributed by atoms with Gasteiger partial charge in [-0.2, -0.15) is 13.2 Å². The number of carboxylic acid groups (broad SMARTS) is 1. The average molecular weight is 190 g/mol. The molecule has 3 N–H and O–H groups in total. The molecule has 0 aromatic carbocycles. The van der Waals surface area contributed by atoms with Crippen LogP contribution < -0.4 is 0 Å². The fourth-order valence-electron chi connectivity index (χ4n) is 0. The second-order valence-electron chi connectivity index (χ2n) is 1.71. The minimum atomic E-state index is -5.08. The fourth-order valence-corrected chi connectivity index (χ4v) is 0. The number of Topliss-reactive ketones (excluding diaryl/α,β-unsaturated/α-hetero) is 1. The summed E-state index contributed by atoms with van der Waals surface area (Å²) in [6.07, 6.45) is -5.08. The summed E-state index contributed by atoms with van der Waals surface area (Å²) < 4.78 is 31.7. The third-order valence-corrected chi connectivity index (χ3v) is 0.243. The number of alkyl halides is 3. The summed E-state index contributed by atoms with van der Waals surface area (Å²) in [5.41, 5.74) is 0. The van der Waals surface area contributed by atoms with Gasteiger partial charge in [0, 0.05) is 0 Å². The molecule has 0 unspecified atom stereocenters. The molecule has 0 rings (SSSR count). The average Bonchev–Trinajstić information content (AvgIpc) is 1.59. The molecule has 0 aliphatic carbocycles. The van der Waals surface area contributed by atoms with E-state index in [9.17, 15) is 18.0 Å². The van der Waals surface area contributed by atoms with Crippen LogP contribution in [0.1, 0.15) is 13.8 Å². The van der Waals surface area contributed by atoms with Gasteiger partial charge in [-0.05, 0) is 13.8 Å². The molecule has 0 fully saturated rings. The van der Waals surface area contributed by atoms with Crippen molar-refractivity contribution in [2.24, 2.45) is 0 Å². The molecule has 0 aromatic rings. The summed E-state index contributed by atoms with van der Waals surface area (Å²) in [6.45, 7) is 3.06. The van der Waals surface area contributed by atoms with Gasteiger partial charge in [0.15, 0.2) is 0 Å². The second kappa shape index (κ2) is 6.59. The topological polar surface area (TPSA) is 85.9 Å². The molecule has 0 aliphatic rings. The lowest BCUT2D eigenvalue weighted by atomic mass is 10.6. The van der Waals surface area contributed by atoms with Crippen molar-refractivity contribution < 1.29 is 33.3 Å². The van der Waals surface area contributed by atoms with E-state index in [1.54, 1.807) is 0 Å². The van der Waals surface area contributed by atoms with Gasteiger partial charge in [-0.15, -0.1) is 0 Å². The van der Waals surface area contributed by atoms with E-state index in [2.05, 4.69) is 0 Å². The van der Waals surface area contributed by atoms with E-state index in [-0.39, 0.29) is 11.3 Å². The minimum absolute atomic E-state index is 0. The molecule has 74 valence electrons. The second-order valence-corrected chi connectivity index (χ2v) is 1.71. The van der Waals surface area contributed by atoms with Crippen LogP contribution in [-0.4, -0.2) is 28.5 Å². The molecule has 0 heterocycles. The summed E-state index contributed by atoms with van der Waals surface area (Å²) in [7, 11) is 0. The van der Waals surface area contributed by atoms with Gasteiger partial charge in [-0.3, -0.25) is 0 Å². The summed E-state index contributed by atoms with van der Waals surface area (Å²) in [5, 5.41) is 7.12. The van der Waals surface area contributed by atoms with E-state index in [0.29, 0.717) is 0 Å². The summed E-state index contributed by atoms with van der Waals surface area (Å²) in [4.78, 5) is 18.3. The molecule has 0 radical (unpaired) electrons. The molecular formula is C5H9F3O4. The summed E-state index contributed by atoms with van der Waals surface area (Å²) >= 11 is 0. The molecule has 0 aromatic heterocycles. The first-order valence-corrected chi connectivity index (χ1v) is 2.45. The van der Waals surface area contributed by atoms with Gasteiger partial charge in [-0.25, -0.2) is 4.79 Å². The van der Waals surface area contributed by atoms with Gasteiger partial charge in [0.2, 0.25) is 0 Å². The van der Waals surface area contributed by atoms with Crippen molar-refractivity contribution in [1.82, 2.24) is 0 Å². The molecule has 4 nitrogen and oxygen atoms in total. The van der Waals surface area contributed by atoms with E-state index in [0.717, 1.165) is 0 Å².